The Morgan fingerprint density at radius 2 is 2.16 bits per heavy atom. The van der Waals surface area contributed by atoms with Crippen LogP contribution in [0.4, 0.5) is 0 Å². The molecule has 1 aromatic rings. The van der Waals surface area contributed by atoms with Gasteiger partial charge in [0.15, 0.2) is 0 Å². The van der Waals surface area contributed by atoms with Crippen molar-refractivity contribution in [3.8, 4) is 11.8 Å². The smallest absolute Gasteiger partial charge is 0.119 e. The maximum absolute atomic E-state index is 8.95. The third-order valence-electron chi connectivity index (χ3n) is 2.86. The summed E-state index contributed by atoms with van der Waals surface area (Å²) in [6, 6.07) is 8.29. The molecule has 0 saturated heterocycles. The van der Waals surface area contributed by atoms with Gasteiger partial charge < -0.3 is 10.5 Å². The zero-order chi connectivity index (χ0) is 14.5. The highest BCUT2D eigenvalue weighted by Gasteiger charge is 2.16. The molecule has 0 aliphatic heterocycles. The van der Waals surface area contributed by atoms with Gasteiger partial charge in [0.25, 0.3) is 0 Å². The van der Waals surface area contributed by atoms with Crippen LogP contribution in [0.25, 0.3) is 0 Å². The Balaban J connectivity index is 2.63. The second kappa shape index (κ2) is 6.93. The Morgan fingerprint density at radius 3 is 2.74 bits per heavy atom. The van der Waals surface area contributed by atoms with Gasteiger partial charge in [0, 0.05) is 10.5 Å². The molecule has 0 radical (unpaired) electrons. The molecule has 0 amide bonds. The van der Waals surface area contributed by atoms with E-state index in [1.54, 1.807) is 0 Å². The van der Waals surface area contributed by atoms with Crippen LogP contribution < -0.4 is 10.5 Å². The molecule has 0 aliphatic carbocycles. The van der Waals surface area contributed by atoms with Crippen LogP contribution in [0.1, 0.15) is 32.8 Å². The van der Waals surface area contributed by atoms with E-state index in [4.69, 9.17) is 15.7 Å². The fourth-order valence-electron chi connectivity index (χ4n) is 1.62. The van der Waals surface area contributed by atoms with Crippen molar-refractivity contribution in [3.63, 3.8) is 0 Å². The van der Waals surface area contributed by atoms with Crippen molar-refractivity contribution in [2.75, 3.05) is 6.61 Å². The average molecular weight is 325 g/mol. The molecular formula is C15H21BrN2O. The molecule has 19 heavy (non-hydrogen) atoms. The second-order valence-corrected chi connectivity index (χ2v) is 6.38. The van der Waals surface area contributed by atoms with Crippen LogP contribution in [-0.4, -0.2) is 12.6 Å². The highest BCUT2D eigenvalue weighted by molar-refractivity contribution is 9.10. The highest BCUT2D eigenvalue weighted by atomic mass is 79.9. The highest BCUT2D eigenvalue weighted by Crippen LogP contribution is 2.25. The van der Waals surface area contributed by atoms with Gasteiger partial charge in [-0.25, -0.2) is 0 Å². The molecule has 104 valence electrons. The normalized spacial score (nSPS) is 12.8. The van der Waals surface area contributed by atoms with E-state index in [0.717, 1.165) is 22.2 Å². The van der Waals surface area contributed by atoms with Gasteiger partial charge in [-0.1, -0.05) is 15.9 Å². The van der Waals surface area contributed by atoms with Crippen LogP contribution in [0.3, 0.4) is 0 Å². The van der Waals surface area contributed by atoms with Gasteiger partial charge in [-0.2, -0.15) is 5.26 Å². The molecular weight excluding hydrogens is 304 g/mol. The first-order valence-corrected chi connectivity index (χ1v) is 7.21. The summed E-state index contributed by atoms with van der Waals surface area (Å²) in [5.41, 5.74) is 6.62. The molecule has 0 fully saturated rings. The maximum atomic E-state index is 8.95. The summed E-state index contributed by atoms with van der Waals surface area (Å²) in [6.07, 6.45) is 1.52. The number of hydrogen-bond acceptors (Lipinski definition) is 3. The Labute approximate surface area is 123 Å². The minimum absolute atomic E-state index is 0.115. The third-order valence-corrected chi connectivity index (χ3v) is 3.63. The number of ether oxygens (including phenoxy) is 1. The molecule has 1 unspecified atom stereocenters. The first-order chi connectivity index (χ1) is 8.84. The summed E-state index contributed by atoms with van der Waals surface area (Å²) in [5.74, 6) is 0.826. The van der Waals surface area contributed by atoms with Crippen molar-refractivity contribution in [3.05, 3.63) is 28.2 Å². The van der Waals surface area contributed by atoms with E-state index in [2.05, 4.69) is 22.0 Å². The number of benzene rings is 1. The van der Waals surface area contributed by atoms with Gasteiger partial charge >= 0.3 is 0 Å². The molecule has 0 bridgehead atoms. The van der Waals surface area contributed by atoms with Gasteiger partial charge in [0.1, 0.15) is 5.75 Å². The van der Waals surface area contributed by atoms with Crippen LogP contribution >= 0.6 is 15.9 Å². The molecule has 0 aliphatic rings. The lowest BCUT2D eigenvalue weighted by Gasteiger charge is -2.16. The number of nitrogens with zero attached hydrogens (tertiary/aromatic N) is 1. The van der Waals surface area contributed by atoms with E-state index in [1.807, 2.05) is 39.0 Å². The van der Waals surface area contributed by atoms with Gasteiger partial charge in [0.05, 0.1) is 18.1 Å². The molecule has 0 aromatic heterocycles. The fourth-order valence-corrected chi connectivity index (χ4v) is 2.03. The van der Waals surface area contributed by atoms with Crippen molar-refractivity contribution in [2.24, 2.45) is 11.1 Å². The minimum Gasteiger partial charge on any atom is -0.494 e. The molecule has 0 spiro atoms. The summed E-state index contributed by atoms with van der Waals surface area (Å²) in [6.45, 7) is 6.36. The largest absolute Gasteiger partial charge is 0.494 e. The Morgan fingerprint density at radius 1 is 1.47 bits per heavy atom. The maximum Gasteiger partial charge on any atom is 0.119 e. The van der Waals surface area contributed by atoms with Crippen molar-refractivity contribution in [1.82, 2.24) is 0 Å². The quantitative estimate of drug-likeness (QED) is 0.868. The SMILES string of the molecule is CC(N)Cc1cc(OCCC(C)(C)C#N)ccc1Br. The number of hydrogen-bond donors (Lipinski definition) is 1. The molecule has 1 rings (SSSR count). The van der Waals surface area contributed by atoms with E-state index in [-0.39, 0.29) is 11.5 Å². The van der Waals surface area contributed by atoms with Crippen LogP contribution in [0.5, 0.6) is 5.75 Å². The summed E-state index contributed by atoms with van der Waals surface area (Å²) in [7, 11) is 0. The second-order valence-electron chi connectivity index (χ2n) is 5.53. The lowest BCUT2D eigenvalue weighted by Crippen LogP contribution is -2.18. The van der Waals surface area contributed by atoms with Crippen LogP contribution in [0, 0.1) is 16.7 Å². The summed E-state index contributed by atoms with van der Waals surface area (Å²) in [5, 5.41) is 8.95. The molecule has 2 N–H and O–H groups in total. The Kier molecular flexibility index (Phi) is 5.84. The van der Waals surface area contributed by atoms with Crippen LogP contribution in [0.15, 0.2) is 22.7 Å². The van der Waals surface area contributed by atoms with Gasteiger partial charge in [0.2, 0.25) is 0 Å². The Hall–Kier alpha value is -1.05. The van der Waals surface area contributed by atoms with E-state index < -0.39 is 0 Å². The van der Waals surface area contributed by atoms with Crippen molar-refractivity contribution in [2.45, 2.75) is 39.7 Å². The van der Waals surface area contributed by atoms with E-state index in [9.17, 15) is 0 Å². The van der Waals surface area contributed by atoms with E-state index >= 15 is 0 Å². The predicted octanol–water partition coefficient (Wildman–Crippen LogP) is 3.66. The number of rotatable bonds is 6. The summed E-state index contributed by atoms with van der Waals surface area (Å²) >= 11 is 3.52. The average Bonchev–Trinajstić information content (AvgIpc) is 2.32. The molecule has 3 nitrogen and oxygen atoms in total. The Bertz CT molecular complexity index is 464. The molecule has 4 heteroatoms. The minimum atomic E-state index is -0.343. The standard InChI is InChI=1S/C15H21BrN2O/c1-11(18)8-12-9-13(4-5-14(12)16)19-7-6-15(2,3)10-17/h4-5,9,11H,6-8,18H2,1-3H3. The topological polar surface area (TPSA) is 59.0 Å². The first kappa shape index (κ1) is 16.0. The van der Waals surface area contributed by atoms with Crippen LogP contribution in [0.2, 0.25) is 0 Å². The molecule has 1 atom stereocenters. The zero-order valence-corrected chi connectivity index (χ0v) is 13.3. The molecule has 0 saturated carbocycles. The lowest BCUT2D eigenvalue weighted by atomic mass is 9.92. The predicted molar refractivity (Wildman–Crippen MR) is 81.0 cm³/mol. The van der Waals surface area contributed by atoms with E-state index in [1.165, 1.54) is 0 Å². The fraction of sp³-hybridized carbons (Fsp3) is 0.533. The monoisotopic (exact) mass is 324 g/mol. The van der Waals surface area contributed by atoms with Crippen molar-refractivity contribution in [1.29, 1.82) is 5.26 Å². The summed E-state index contributed by atoms with van der Waals surface area (Å²) < 4.78 is 6.76. The molecule has 1 aromatic carbocycles. The number of nitriles is 1. The van der Waals surface area contributed by atoms with Gasteiger partial charge in [-0.05, 0) is 57.4 Å². The zero-order valence-electron chi connectivity index (χ0n) is 11.7. The van der Waals surface area contributed by atoms with Crippen LogP contribution in [-0.2, 0) is 6.42 Å². The number of nitrogens with two attached hydrogens (primary N) is 1. The molecule has 0 heterocycles. The third kappa shape index (κ3) is 5.63. The van der Waals surface area contributed by atoms with Crippen molar-refractivity contribution >= 4 is 15.9 Å². The first-order valence-electron chi connectivity index (χ1n) is 6.42. The lowest BCUT2D eigenvalue weighted by molar-refractivity contribution is 0.264. The van der Waals surface area contributed by atoms with Crippen molar-refractivity contribution < 1.29 is 4.74 Å². The summed E-state index contributed by atoms with van der Waals surface area (Å²) in [4.78, 5) is 0. The number of halogens is 1. The van der Waals surface area contributed by atoms with Gasteiger partial charge in [-0.15, -0.1) is 0 Å². The van der Waals surface area contributed by atoms with Gasteiger partial charge in [-0.3, -0.25) is 0 Å². The van der Waals surface area contributed by atoms with E-state index in [0.29, 0.717) is 13.0 Å².